The van der Waals surface area contributed by atoms with Crippen LogP contribution in [-0.4, -0.2) is 34.2 Å². The van der Waals surface area contributed by atoms with Crippen LogP contribution in [-0.2, 0) is 6.42 Å². The number of nitrogens with zero attached hydrogens (tertiary/aromatic N) is 1. The average molecular weight is 328 g/mol. The van der Waals surface area contributed by atoms with Gasteiger partial charge in [-0.05, 0) is 56.0 Å². The highest BCUT2D eigenvalue weighted by molar-refractivity contribution is 8.93. The highest BCUT2D eigenvalue weighted by Crippen LogP contribution is 2.44. The maximum absolute atomic E-state index is 9.98. The average Bonchev–Trinajstić information content (AvgIpc) is 2.37. The van der Waals surface area contributed by atoms with Crippen molar-refractivity contribution >= 4 is 17.0 Å². The van der Waals surface area contributed by atoms with E-state index in [4.69, 9.17) is 0 Å². The van der Waals surface area contributed by atoms with Crippen molar-refractivity contribution < 1.29 is 10.2 Å². The summed E-state index contributed by atoms with van der Waals surface area (Å²) >= 11 is 0. The molecule has 106 valence electrons. The third-order valence-corrected chi connectivity index (χ3v) is 4.64. The van der Waals surface area contributed by atoms with Crippen molar-refractivity contribution in [3.8, 4) is 11.5 Å². The third kappa shape index (κ3) is 2.48. The summed E-state index contributed by atoms with van der Waals surface area (Å²) in [5.74, 6) is 0.957. The molecule has 0 saturated carbocycles. The molecule has 0 unspecified atom stereocenters. The molecule has 0 amide bonds. The molecular weight excluding hydrogens is 306 g/mol. The van der Waals surface area contributed by atoms with Crippen LogP contribution in [0.1, 0.15) is 43.2 Å². The van der Waals surface area contributed by atoms with Crippen molar-refractivity contribution in [1.29, 1.82) is 0 Å². The fourth-order valence-corrected chi connectivity index (χ4v) is 3.82. The van der Waals surface area contributed by atoms with E-state index in [-0.39, 0.29) is 28.5 Å². The van der Waals surface area contributed by atoms with E-state index < -0.39 is 0 Å². The maximum Gasteiger partial charge on any atom is 0.122 e. The normalized spacial score (nSPS) is 26.2. The molecule has 19 heavy (non-hydrogen) atoms. The first-order valence-electron chi connectivity index (χ1n) is 6.99. The first-order chi connectivity index (χ1) is 8.70. The number of likely N-dealkylation sites (tertiary alicyclic amines) is 1. The van der Waals surface area contributed by atoms with Gasteiger partial charge in [0.2, 0.25) is 0 Å². The topological polar surface area (TPSA) is 43.7 Å². The number of likely N-dealkylation sites (N-methyl/N-ethyl adjacent to an activating group) is 1. The Morgan fingerprint density at radius 1 is 1.26 bits per heavy atom. The molecule has 3 rings (SSSR count). The Morgan fingerprint density at radius 2 is 2.05 bits per heavy atom. The van der Waals surface area contributed by atoms with Gasteiger partial charge in [0.05, 0.1) is 0 Å². The lowest BCUT2D eigenvalue weighted by atomic mass is 9.74. The zero-order chi connectivity index (χ0) is 12.7. The fourth-order valence-electron chi connectivity index (χ4n) is 3.82. The van der Waals surface area contributed by atoms with Crippen LogP contribution < -0.4 is 0 Å². The van der Waals surface area contributed by atoms with E-state index in [0.29, 0.717) is 12.0 Å². The van der Waals surface area contributed by atoms with Crippen molar-refractivity contribution in [1.82, 2.24) is 4.90 Å². The minimum Gasteiger partial charge on any atom is -0.508 e. The molecule has 0 bridgehead atoms. The van der Waals surface area contributed by atoms with Crippen LogP contribution in [0.3, 0.4) is 0 Å². The fraction of sp³-hybridized carbons (Fsp3) is 0.600. The molecule has 1 aliphatic carbocycles. The minimum absolute atomic E-state index is 0. The van der Waals surface area contributed by atoms with Crippen LogP contribution in [0.2, 0.25) is 0 Å². The van der Waals surface area contributed by atoms with Crippen LogP contribution in [0, 0.1) is 0 Å². The van der Waals surface area contributed by atoms with Crippen LogP contribution in [0.5, 0.6) is 11.5 Å². The van der Waals surface area contributed by atoms with E-state index in [1.54, 1.807) is 0 Å². The Hall–Kier alpha value is -0.740. The van der Waals surface area contributed by atoms with E-state index in [0.717, 1.165) is 24.9 Å². The van der Waals surface area contributed by atoms with Gasteiger partial charge in [-0.1, -0.05) is 6.92 Å². The molecule has 1 heterocycles. The number of hydrogen-bond donors (Lipinski definition) is 2. The molecule has 0 aromatic heterocycles. The molecule has 4 heteroatoms. The molecule has 1 fully saturated rings. The molecule has 0 radical (unpaired) electrons. The van der Waals surface area contributed by atoms with Crippen LogP contribution in [0.25, 0.3) is 0 Å². The third-order valence-electron chi connectivity index (χ3n) is 4.64. The van der Waals surface area contributed by atoms with Crippen LogP contribution in [0.15, 0.2) is 12.1 Å². The second-order valence-electron chi connectivity index (χ2n) is 5.52. The quantitative estimate of drug-likeness (QED) is 0.832. The van der Waals surface area contributed by atoms with Crippen molar-refractivity contribution in [3.63, 3.8) is 0 Å². The Morgan fingerprint density at radius 3 is 2.79 bits per heavy atom. The molecular formula is C15H22BrNO2. The number of halogens is 1. The number of aromatic hydroxyl groups is 2. The Balaban J connectivity index is 0.00000133. The number of phenolic OH excluding ortho intramolecular Hbond substituents is 2. The van der Waals surface area contributed by atoms with Gasteiger partial charge in [0, 0.05) is 18.0 Å². The summed E-state index contributed by atoms with van der Waals surface area (Å²) in [5.41, 5.74) is 2.24. The van der Waals surface area contributed by atoms with E-state index in [1.807, 2.05) is 6.07 Å². The molecule has 2 aliphatic rings. The number of piperidine rings is 1. The lowest BCUT2D eigenvalue weighted by Crippen LogP contribution is -2.46. The van der Waals surface area contributed by atoms with Gasteiger partial charge in [-0.3, -0.25) is 0 Å². The van der Waals surface area contributed by atoms with Gasteiger partial charge in [-0.2, -0.15) is 0 Å². The number of phenols is 2. The molecule has 1 saturated heterocycles. The van der Waals surface area contributed by atoms with E-state index in [2.05, 4.69) is 11.8 Å². The first kappa shape index (κ1) is 14.7. The summed E-state index contributed by atoms with van der Waals surface area (Å²) < 4.78 is 0. The Labute approximate surface area is 125 Å². The van der Waals surface area contributed by atoms with Crippen LogP contribution in [0.4, 0.5) is 0 Å². The number of benzene rings is 1. The van der Waals surface area contributed by atoms with E-state index in [1.165, 1.54) is 31.0 Å². The van der Waals surface area contributed by atoms with Gasteiger partial charge in [0.25, 0.3) is 0 Å². The predicted molar refractivity (Wildman–Crippen MR) is 81.4 cm³/mol. The summed E-state index contributed by atoms with van der Waals surface area (Å²) in [6, 6.07) is 3.93. The van der Waals surface area contributed by atoms with Gasteiger partial charge in [0.1, 0.15) is 11.5 Å². The molecule has 1 aromatic carbocycles. The molecule has 3 nitrogen and oxygen atoms in total. The van der Waals surface area contributed by atoms with E-state index in [9.17, 15) is 10.2 Å². The SMILES string of the molecule is Br.CCN1CCC[C@@H]2c3cc(O)cc(O)c3CC[C@H]21. The van der Waals surface area contributed by atoms with Crippen molar-refractivity contribution in [2.45, 2.75) is 44.6 Å². The highest BCUT2D eigenvalue weighted by Gasteiger charge is 2.36. The first-order valence-corrected chi connectivity index (χ1v) is 6.99. The number of fused-ring (bicyclic) bond motifs is 3. The zero-order valence-corrected chi connectivity index (χ0v) is 13.0. The second kappa shape index (κ2) is 5.71. The minimum atomic E-state index is 0. The standard InChI is InChI=1S/C15H21NO2.BrH/c1-2-16-7-3-4-11-13-8-10(17)9-15(18)12(13)5-6-14(11)16;/h8-9,11,14,17-18H,2-7H2,1H3;1H/t11-,14-;/m1./s1. The molecule has 0 spiro atoms. The predicted octanol–water partition coefficient (Wildman–Crippen LogP) is 3.19. The van der Waals surface area contributed by atoms with Gasteiger partial charge >= 0.3 is 0 Å². The molecule has 1 aliphatic heterocycles. The van der Waals surface area contributed by atoms with Gasteiger partial charge in [-0.25, -0.2) is 0 Å². The van der Waals surface area contributed by atoms with Gasteiger partial charge < -0.3 is 15.1 Å². The molecule has 1 aromatic rings. The summed E-state index contributed by atoms with van der Waals surface area (Å²) in [6.45, 7) is 4.51. The Bertz CT molecular complexity index is 464. The number of hydrogen-bond acceptors (Lipinski definition) is 3. The smallest absolute Gasteiger partial charge is 0.122 e. The summed E-state index contributed by atoms with van der Waals surface area (Å²) in [5, 5.41) is 19.7. The second-order valence-corrected chi connectivity index (χ2v) is 5.52. The van der Waals surface area contributed by atoms with Crippen molar-refractivity contribution in [3.05, 3.63) is 23.3 Å². The lowest BCUT2D eigenvalue weighted by Gasteiger charge is -2.44. The number of rotatable bonds is 1. The summed E-state index contributed by atoms with van der Waals surface area (Å²) in [7, 11) is 0. The Kier molecular flexibility index (Phi) is 4.41. The summed E-state index contributed by atoms with van der Waals surface area (Å²) in [4.78, 5) is 2.55. The van der Waals surface area contributed by atoms with Crippen LogP contribution >= 0.6 is 17.0 Å². The lowest BCUT2D eigenvalue weighted by molar-refractivity contribution is 0.118. The van der Waals surface area contributed by atoms with Gasteiger partial charge in [0.15, 0.2) is 0 Å². The summed E-state index contributed by atoms with van der Waals surface area (Å²) in [6.07, 6.45) is 4.45. The van der Waals surface area contributed by atoms with Crippen molar-refractivity contribution in [2.24, 2.45) is 0 Å². The van der Waals surface area contributed by atoms with E-state index >= 15 is 0 Å². The molecule has 2 N–H and O–H groups in total. The largest absolute Gasteiger partial charge is 0.508 e. The maximum atomic E-state index is 9.98. The highest BCUT2D eigenvalue weighted by atomic mass is 79.9. The van der Waals surface area contributed by atoms with Crippen molar-refractivity contribution in [2.75, 3.05) is 13.1 Å². The monoisotopic (exact) mass is 327 g/mol. The zero-order valence-electron chi connectivity index (χ0n) is 11.3. The van der Waals surface area contributed by atoms with Gasteiger partial charge in [-0.15, -0.1) is 17.0 Å². The molecule has 2 atom stereocenters.